The minimum atomic E-state index is -0.237. The molecule has 2 rings (SSSR count). The van der Waals surface area contributed by atoms with Crippen LogP contribution < -0.4 is 11.1 Å². The van der Waals surface area contributed by atoms with Crippen LogP contribution in [-0.2, 0) is 6.42 Å². The number of nitrogens with zero attached hydrogens (tertiary/aromatic N) is 1. The fourth-order valence-corrected chi connectivity index (χ4v) is 1.56. The topological polar surface area (TPSA) is 68.0 Å². The van der Waals surface area contributed by atoms with E-state index in [4.69, 9.17) is 5.73 Å². The third kappa shape index (κ3) is 2.85. The highest BCUT2D eigenvalue weighted by atomic mass is 16.1. The zero-order valence-electron chi connectivity index (χ0n) is 10.2. The Morgan fingerprint density at radius 2 is 1.94 bits per heavy atom. The van der Waals surface area contributed by atoms with E-state index in [9.17, 15) is 4.79 Å². The summed E-state index contributed by atoms with van der Waals surface area (Å²) in [4.78, 5) is 15.8. The maximum absolute atomic E-state index is 11.9. The van der Waals surface area contributed by atoms with Gasteiger partial charge in [-0.3, -0.25) is 4.79 Å². The standard InChI is InChI=1S/C14H15N3O/c1-2-10-3-6-12(7-4-10)17-14(18)13-8-5-11(15)9-16-13/h3-9H,2,15H2,1H3,(H,17,18). The summed E-state index contributed by atoms with van der Waals surface area (Å²) in [5.41, 5.74) is 8.40. The average molecular weight is 241 g/mol. The molecule has 0 aliphatic heterocycles. The number of carbonyl (C=O) groups is 1. The van der Waals surface area contributed by atoms with E-state index >= 15 is 0 Å². The third-order valence-electron chi connectivity index (χ3n) is 2.64. The lowest BCUT2D eigenvalue weighted by atomic mass is 10.1. The van der Waals surface area contributed by atoms with E-state index in [0.29, 0.717) is 11.4 Å². The van der Waals surface area contributed by atoms with Gasteiger partial charge in [0, 0.05) is 5.69 Å². The summed E-state index contributed by atoms with van der Waals surface area (Å²) < 4.78 is 0. The van der Waals surface area contributed by atoms with Gasteiger partial charge in [0.2, 0.25) is 0 Å². The fraction of sp³-hybridized carbons (Fsp3) is 0.143. The van der Waals surface area contributed by atoms with Gasteiger partial charge in [0.1, 0.15) is 5.69 Å². The van der Waals surface area contributed by atoms with E-state index in [2.05, 4.69) is 17.2 Å². The summed E-state index contributed by atoms with van der Waals surface area (Å²) in [7, 11) is 0. The minimum Gasteiger partial charge on any atom is -0.397 e. The molecule has 0 atom stereocenters. The number of benzene rings is 1. The number of pyridine rings is 1. The number of aromatic nitrogens is 1. The Bertz CT molecular complexity index is 532. The molecule has 0 aliphatic carbocycles. The van der Waals surface area contributed by atoms with E-state index < -0.39 is 0 Å². The molecular formula is C14H15N3O. The first kappa shape index (κ1) is 12.1. The number of hydrogen-bond acceptors (Lipinski definition) is 3. The molecule has 1 aromatic carbocycles. The predicted octanol–water partition coefficient (Wildman–Crippen LogP) is 2.48. The van der Waals surface area contributed by atoms with E-state index in [1.54, 1.807) is 12.1 Å². The van der Waals surface area contributed by atoms with Crippen LogP contribution >= 0.6 is 0 Å². The first-order valence-electron chi connectivity index (χ1n) is 5.81. The third-order valence-corrected chi connectivity index (χ3v) is 2.64. The lowest BCUT2D eigenvalue weighted by molar-refractivity contribution is 0.102. The van der Waals surface area contributed by atoms with Crippen LogP contribution in [0.3, 0.4) is 0 Å². The van der Waals surface area contributed by atoms with Gasteiger partial charge in [0.15, 0.2) is 0 Å². The lowest BCUT2D eigenvalue weighted by Crippen LogP contribution is -2.13. The van der Waals surface area contributed by atoms with Crippen molar-refractivity contribution >= 4 is 17.3 Å². The zero-order valence-corrected chi connectivity index (χ0v) is 10.2. The number of anilines is 2. The molecule has 0 saturated carbocycles. The van der Waals surface area contributed by atoms with Crippen molar-refractivity contribution in [1.29, 1.82) is 0 Å². The summed E-state index contributed by atoms with van der Waals surface area (Å²) in [6.07, 6.45) is 2.45. The molecule has 0 radical (unpaired) electrons. The number of aryl methyl sites for hydroxylation is 1. The van der Waals surface area contributed by atoms with Crippen molar-refractivity contribution in [2.75, 3.05) is 11.1 Å². The molecule has 92 valence electrons. The van der Waals surface area contributed by atoms with Crippen molar-refractivity contribution in [3.05, 3.63) is 53.9 Å². The molecule has 0 saturated heterocycles. The van der Waals surface area contributed by atoms with Gasteiger partial charge in [-0.15, -0.1) is 0 Å². The van der Waals surface area contributed by atoms with Crippen LogP contribution in [0.15, 0.2) is 42.6 Å². The number of carbonyl (C=O) groups excluding carboxylic acids is 1. The molecule has 0 spiro atoms. The number of nitrogens with one attached hydrogen (secondary N) is 1. The van der Waals surface area contributed by atoms with Gasteiger partial charge in [-0.1, -0.05) is 19.1 Å². The minimum absolute atomic E-state index is 0.237. The van der Waals surface area contributed by atoms with Gasteiger partial charge >= 0.3 is 0 Å². The molecule has 0 bridgehead atoms. The molecule has 2 aromatic rings. The summed E-state index contributed by atoms with van der Waals surface area (Å²) in [5.74, 6) is -0.237. The van der Waals surface area contributed by atoms with Gasteiger partial charge in [-0.2, -0.15) is 0 Å². The van der Waals surface area contributed by atoms with Crippen LogP contribution in [0, 0.1) is 0 Å². The van der Waals surface area contributed by atoms with Gasteiger partial charge < -0.3 is 11.1 Å². The molecule has 0 unspecified atom stereocenters. The Hall–Kier alpha value is -2.36. The van der Waals surface area contributed by atoms with Crippen molar-refractivity contribution < 1.29 is 4.79 Å². The second kappa shape index (κ2) is 5.31. The van der Waals surface area contributed by atoms with E-state index in [1.165, 1.54) is 11.8 Å². The van der Waals surface area contributed by atoms with Crippen LogP contribution in [0.1, 0.15) is 23.0 Å². The first-order chi connectivity index (χ1) is 8.69. The molecule has 1 amide bonds. The number of nitrogens with two attached hydrogens (primary N) is 1. The molecule has 0 aliphatic rings. The highest BCUT2D eigenvalue weighted by molar-refractivity contribution is 6.02. The number of nitrogen functional groups attached to an aromatic ring is 1. The molecule has 18 heavy (non-hydrogen) atoms. The molecule has 3 N–H and O–H groups in total. The summed E-state index contributed by atoms with van der Waals surface area (Å²) >= 11 is 0. The monoisotopic (exact) mass is 241 g/mol. The quantitative estimate of drug-likeness (QED) is 0.867. The Morgan fingerprint density at radius 3 is 2.50 bits per heavy atom. The van der Waals surface area contributed by atoms with E-state index in [1.807, 2.05) is 24.3 Å². The van der Waals surface area contributed by atoms with Crippen LogP contribution in [0.4, 0.5) is 11.4 Å². The van der Waals surface area contributed by atoms with Crippen molar-refractivity contribution in [2.24, 2.45) is 0 Å². The summed E-state index contributed by atoms with van der Waals surface area (Å²) in [5, 5.41) is 2.79. The molecule has 1 aromatic heterocycles. The van der Waals surface area contributed by atoms with E-state index in [0.717, 1.165) is 12.1 Å². The molecular weight excluding hydrogens is 226 g/mol. The van der Waals surface area contributed by atoms with Gasteiger partial charge in [-0.05, 0) is 36.2 Å². The number of hydrogen-bond donors (Lipinski definition) is 2. The van der Waals surface area contributed by atoms with Crippen LogP contribution in [-0.4, -0.2) is 10.9 Å². The second-order valence-electron chi connectivity index (χ2n) is 3.98. The van der Waals surface area contributed by atoms with Crippen molar-refractivity contribution in [1.82, 2.24) is 4.98 Å². The van der Waals surface area contributed by atoms with Crippen LogP contribution in [0.2, 0.25) is 0 Å². The van der Waals surface area contributed by atoms with Crippen LogP contribution in [0.25, 0.3) is 0 Å². The normalized spacial score (nSPS) is 10.1. The van der Waals surface area contributed by atoms with E-state index in [-0.39, 0.29) is 5.91 Å². The smallest absolute Gasteiger partial charge is 0.274 e. The zero-order chi connectivity index (χ0) is 13.0. The van der Waals surface area contributed by atoms with Crippen molar-refractivity contribution in [3.63, 3.8) is 0 Å². The summed E-state index contributed by atoms with van der Waals surface area (Å²) in [6, 6.07) is 11.0. The molecule has 4 heteroatoms. The Labute approximate surface area is 106 Å². The predicted molar refractivity (Wildman–Crippen MR) is 72.4 cm³/mol. The van der Waals surface area contributed by atoms with Crippen molar-refractivity contribution in [2.45, 2.75) is 13.3 Å². The highest BCUT2D eigenvalue weighted by Crippen LogP contribution is 2.11. The van der Waals surface area contributed by atoms with Crippen LogP contribution in [0.5, 0.6) is 0 Å². The molecule has 1 heterocycles. The molecule has 4 nitrogen and oxygen atoms in total. The van der Waals surface area contributed by atoms with Gasteiger partial charge in [-0.25, -0.2) is 4.98 Å². The number of rotatable bonds is 3. The molecule has 0 fully saturated rings. The largest absolute Gasteiger partial charge is 0.397 e. The lowest BCUT2D eigenvalue weighted by Gasteiger charge is -2.05. The van der Waals surface area contributed by atoms with Crippen molar-refractivity contribution in [3.8, 4) is 0 Å². The maximum Gasteiger partial charge on any atom is 0.274 e. The average Bonchev–Trinajstić information content (AvgIpc) is 2.40. The van der Waals surface area contributed by atoms with Gasteiger partial charge in [0.25, 0.3) is 5.91 Å². The SMILES string of the molecule is CCc1ccc(NC(=O)c2ccc(N)cn2)cc1. The highest BCUT2D eigenvalue weighted by Gasteiger charge is 2.06. The fourth-order valence-electron chi connectivity index (χ4n) is 1.56. The Balaban J connectivity index is 2.08. The number of amides is 1. The van der Waals surface area contributed by atoms with Gasteiger partial charge in [0.05, 0.1) is 11.9 Å². The Morgan fingerprint density at radius 1 is 1.22 bits per heavy atom. The Kier molecular flexibility index (Phi) is 3.57. The summed E-state index contributed by atoms with van der Waals surface area (Å²) in [6.45, 7) is 2.09. The maximum atomic E-state index is 11.9. The second-order valence-corrected chi connectivity index (χ2v) is 3.98. The first-order valence-corrected chi connectivity index (χ1v) is 5.81.